The normalized spacial score (nSPS) is 14.4. The first-order chi connectivity index (χ1) is 6.81. The summed E-state index contributed by atoms with van der Waals surface area (Å²) in [5, 5.41) is 8.99. The molecule has 2 rings (SSSR count). The Morgan fingerprint density at radius 3 is 3.14 bits per heavy atom. The maximum Gasteiger partial charge on any atom is 0.122 e. The SMILES string of the molecule is CN(CO)c1ccc2c(c1)CCCO2. The summed E-state index contributed by atoms with van der Waals surface area (Å²) >= 11 is 0. The maximum absolute atomic E-state index is 8.99. The standard InChI is InChI=1S/C11H15NO2/c1-12(8-13)10-4-5-11-9(7-10)3-2-6-14-11/h4-5,7,13H,2-3,6,8H2,1H3. The van der Waals surface area contributed by atoms with E-state index in [1.807, 2.05) is 19.2 Å². The van der Waals surface area contributed by atoms with Gasteiger partial charge in [0.1, 0.15) is 12.5 Å². The Balaban J connectivity index is 2.29. The van der Waals surface area contributed by atoms with E-state index in [0.29, 0.717) is 0 Å². The van der Waals surface area contributed by atoms with Crippen LogP contribution in [0.2, 0.25) is 0 Å². The molecule has 0 fully saturated rings. The second-order valence-corrected chi connectivity index (χ2v) is 3.58. The second-order valence-electron chi connectivity index (χ2n) is 3.58. The number of ether oxygens (including phenoxy) is 1. The number of anilines is 1. The van der Waals surface area contributed by atoms with E-state index in [0.717, 1.165) is 30.9 Å². The predicted molar refractivity (Wildman–Crippen MR) is 55.7 cm³/mol. The van der Waals surface area contributed by atoms with Crippen LogP contribution in [0.25, 0.3) is 0 Å². The van der Waals surface area contributed by atoms with E-state index in [1.54, 1.807) is 4.90 Å². The first-order valence-corrected chi connectivity index (χ1v) is 4.89. The summed E-state index contributed by atoms with van der Waals surface area (Å²) in [7, 11) is 1.87. The first kappa shape index (κ1) is 9.34. The van der Waals surface area contributed by atoms with Gasteiger partial charge >= 0.3 is 0 Å². The summed E-state index contributed by atoms with van der Waals surface area (Å²) in [6, 6.07) is 6.04. The highest BCUT2D eigenvalue weighted by atomic mass is 16.5. The van der Waals surface area contributed by atoms with Crippen LogP contribution >= 0.6 is 0 Å². The molecule has 1 aromatic rings. The van der Waals surface area contributed by atoms with Gasteiger partial charge in [-0.3, -0.25) is 0 Å². The van der Waals surface area contributed by atoms with E-state index < -0.39 is 0 Å². The lowest BCUT2D eigenvalue weighted by molar-refractivity contribution is 0.287. The molecule has 0 saturated heterocycles. The minimum absolute atomic E-state index is 0.0413. The van der Waals surface area contributed by atoms with Crippen molar-refractivity contribution in [2.75, 3.05) is 25.3 Å². The van der Waals surface area contributed by atoms with Crippen molar-refractivity contribution in [1.29, 1.82) is 0 Å². The number of fused-ring (bicyclic) bond motifs is 1. The number of benzene rings is 1. The van der Waals surface area contributed by atoms with Crippen LogP contribution in [0.4, 0.5) is 5.69 Å². The Morgan fingerprint density at radius 1 is 1.50 bits per heavy atom. The number of aliphatic hydroxyl groups is 1. The molecule has 1 heterocycles. The average molecular weight is 193 g/mol. The molecule has 0 bridgehead atoms. The van der Waals surface area contributed by atoms with Crippen molar-refractivity contribution in [1.82, 2.24) is 0 Å². The highest BCUT2D eigenvalue weighted by molar-refractivity contribution is 5.52. The molecular weight excluding hydrogens is 178 g/mol. The molecule has 1 aromatic carbocycles. The number of aliphatic hydroxyl groups excluding tert-OH is 1. The van der Waals surface area contributed by atoms with E-state index in [1.165, 1.54) is 5.56 Å². The van der Waals surface area contributed by atoms with Gasteiger partial charge in [-0.15, -0.1) is 0 Å². The molecule has 0 aliphatic carbocycles. The molecule has 0 radical (unpaired) electrons. The van der Waals surface area contributed by atoms with Gasteiger partial charge in [-0.1, -0.05) is 0 Å². The molecule has 1 aliphatic heterocycles. The fourth-order valence-corrected chi connectivity index (χ4v) is 1.67. The van der Waals surface area contributed by atoms with E-state index >= 15 is 0 Å². The third-order valence-electron chi connectivity index (χ3n) is 2.54. The molecule has 0 unspecified atom stereocenters. The van der Waals surface area contributed by atoms with Crippen LogP contribution in [0.3, 0.4) is 0 Å². The zero-order chi connectivity index (χ0) is 9.97. The van der Waals surface area contributed by atoms with Crippen LogP contribution < -0.4 is 9.64 Å². The van der Waals surface area contributed by atoms with Crippen molar-refractivity contribution in [3.8, 4) is 5.75 Å². The number of aryl methyl sites for hydroxylation is 1. The molecule has 0 atom stereocenters. The Kier molecular flexibility index (Phi) is 2.59. The second kappa shape index (κ2) is 3.88. The van der Waals surface area contributed by atoms with Gasteiger partial charge < -0.3 is 14.7 Å². The third-order valence-corrected chi connectivity index (χ3v) is 2.54. The van der Waals surface area contributed by atoms with Crippen LogP contribution in [0, 0.1) is 0 Å². The monoisotopic (exact) mass is 193 g/mol. The maximum atomic E-state index is 8.99. The average Bonchev–Trinajstić information content (AvgIpc) is 2.27. The number of hydrogen-bond donors (Lipinski definition) is 1. The lowest BCUT2D eigenvalue weighted by Crippen LogP contribution is -2.18. The summed E-state index contributed by atoms with van der Waals surface area (Å²) < 4.78 is 5.51. The van der Waals surface area contributed by atoms with Crippen molar-refractivity contribution < 1.29 is 9.84 Å². The van der Waals surface area contributed by atoms with Crippen molar-refractivity contribution in [2.24, 2.45) is 0 Å². The fourth-order valence-electron chi connectivity index (χ4n) is 1.67. The smallest absolute Gasteiger partial charge is 0.122 e. The van der Waals surface area contributed by atoms with Gasteiger partial charge in [0, 0.05) is 12.7 Å². The molecule has 3 nitrogen and oxygen atoms in total. The van der Waals surface area contributed by atoms with Crippen molar-refractivity contribution >= 4 is 5.69 Å². The summed E-state index contributed by atoms with van der Waals surface area (Å²) in [4.78, 5) is 1.80. The van der Waals surface area contributed by atoms with Gasteiger partial charge in [0.2, 0.25) is 0 Å². The highest BCUT2D eigenvalue weighted by Crippen LogP contribution is 2.28. The van der Waals surface area contributed by atoms with Crippen molar-refractivity contribution in [3.63, 3.8) is 0 Å². The lowest BCUT2D eigenvalue weighted by Gasteiger charge is -2.21. The zero-order valence-electron chi connectivity index (χ0n) is 8.36. The fraction of sp³-hybridized carbons (Fsp3) is 0.455. The Labute approximate surface area is 83.9 Å². The van der Waals surface area contributed by atoms with Crippen LogP contribution in [-0.4, -0.2) is 25.5 Å². The molecule has 14 heavy (non-hydrogen) atoms. The van der Waals surface area contributed by atoms with Gasteiger partial charge in [0.15, 0.2) is 0 Å². The third kappa shape index (κ3) is 1.68. The molecule has 0 aromatic heterocycles. The van der Waals surface area contributed by atoms with Gasteiger partial charge in [0.25, 0.3) is 0 Å². The van der Waals surface area contributed by atoms with Crippen molar-refractivity contribution in [3.05, 3.63) is 23.8 Å². The molecule has 0 saturated carbocycles. The topological polar surface area (TPSA) is 32.7 Å². The van der Waals surface area contributed by atoms with Crippen molar-refractivity contribution in [2.45, 2.75) is 12.8 Å². The predicted octanol–water partition coefficient (Wildman–Crippen LogP) is 1.40. The van der Waals surface area contributed by atoms with Crippen LogP contribution in [0.1, 0.15) is 12.0 Å². The summed E-state index contributed by atoms with van der Waals surface area (Å²) in [6.07, 6.45) is 2.15. The summed E-state index contributed by atoms with van der Waals surface area (Å²) in [5.74, 6) is 0.992. The van der Waals surface area contributed by atoms with E-state index in [4.69, 9.17) is 9.84 Å². The van der Waals surface area contributed by atoms with Crippen LogP contribution in [0.5, 0.6) is 5.75 Å². The Hall–Kier alpha value is -1.22. The zero-order valence-corrected chi connectivity index (χ0v) is 8.36. The Bertz CT molecular complexity index is 325. The largest absolute Gasteiger partial charge is 0.493 e. The van der Waals surface area contributed by atoms with Gasteiger partial charge in [-0.25, -0.2) is 0 Å². The lowest BCUT2D eigenvalue weighted by atomic mass is 10.1. The minimum Gasteiger partial charge on any atom is -0.493 e. The molecule has 0 amide bonds. The Morgan fingerprint density at radius 2 is 2.36 bits per heavy atom. The van der Waals surface area contributed by atoms with E-state index in [9.17, 15) is 0 Å². The molecule has 3 heteroatoms. The number of rotatable bonds is 2. The van der Waals surface area contributed by atoms with Gasteiger partial charge in [0.05, 0.1) is 6.61 Å². The molecule has 1 aliphatic rings. The van der Waals surface area contributed by atoms with E-state index in [2.05, 4.69) is 6.07 Å². The van der Waals surface area contributed by atoms with Crippen LogP contribution in [-0.2, 0) is 6.42 Å². The highest BCUT2D eigenvalue weighted by Gasteiger charge is 2.11. The molecular formula is C11H15NO2. The van der Waals surface area contributed by atoms with E-state index in [-0.39, 0.29) is 6.73 Å². The molecule has 76 valence electrons. The first-order valence-electron chi connectivity index (χ1n) is 4.89. The minimum atomic E-state index is 0.0413. The number of nitrogens with zero attached hydrogens (tertiary/aromatic N) is 1. The van der Waals surface area contributed by atoms with Crippen LogP contribution in [0.15, 0.2) is 18.2 Å². The summed E-state index contributed by atoms with van der Waals surface area (Å²) in [6.45, 7) is 0.863. The summed E-state index contributed by atoms with van der Waals surface area (Å²) in [5.41, 5.74) is 2.28. The van der Waals surface area contributed by atoms with Gasteiger partial charge in [-0.05, 0) is 36.6 Å². The molecule has 1 N–H and O–H groups in total. The van der Waals surface area contributed by atoms with Gasteiger partial charge in [-0.2, -0.15) is 0 Å². The molecule has 0 spiro atoms. The quantitative estimate of drug-likeness (QED) is 0.721. The number of hydrogen-bond acceptors (Lipinski definition) is 3.